The van der Waals surface area contributed by atoms with Gasteiger partial charge in [-0.1, -0.05) is 11.3 Å². The number of halogens is 2. The van der Waals surface area contributed by atoms with Crippen LogP contribution in [0.1, 0.15) is 30.7 Å². The van der Waals surface area contributed by atoms with Gasteiger partial charge >= 0.3 is 6.03 Å². The van der Waals surface area contributed by atoms with E-state index in [4.69, 9.17) is 0 Å². The number of alkyl halides is 2. The van der Waals surface area contributed by atoms with E-state index in [1.165, 1.54) is 11.3 Å². The Bertz CT molecular complexity index is 1130. The van der Waals surface area contributed by atoms with E-state index in [-0.39, 0.29) is 30.7 Å². The molecule has 32 heavy (non-hydrogen) atoms. The van der Waals surface area contributed by atoms with Gasteiger partial charge in [-0.2, -0.15) is 0 Å². The Morgan fingerprint density at radius 2 is 1.97 bits per heavy atom. The second-order valence-electron chi connectivity index (χ2n) is 8.30. The van der Waals surface area contributed by atoms with Crippen molar-refractivity contribution in [3.8, 4) is 10.6 Å². The number of carbonyl (C=O) groups is 1. The van der Waals surface area contributed by atoms with Crippen LogP contribution in [0.4, 0.5) is 19.4 Å². The van der Waals surface area contributed by atoms with Gasteiger partial charge < -0.3 is 10.2 Å². The quantitative estimate of drug-likeness (QED) is 0.602. The van der Waals surface area contributed by atoms with E-state index >= 15 is 0 Å². The van der Waals surface area contributed by atoms with Crippen molar-refractivity contribution in [2.24, 2.45) is 0 Å². The van der Waals surface area contributed by atoms with E-state index in [0.717, 1.165) is 39.3 Å². The minimum atomic E-state index is -2.36. The molecule has 2 amide bonds. The second-order valence-corrected chi connectivity index (χ2v) is 9.48. The molecule has 2 N–H and O–H groups in total. The maximum Gasteiger partial charge on any atom is 0.323 e. The van der Waals surface area contributed by atoms with Crippen molar-refractivity contribution in [2.75, 3.05) is 11.9 Å². The number of hydrogen-bond acceptors (Lipinski definition) is 7. The molecule has 0 radical (unpaired) electrons. The lowest BCUT2D eigenvalue weighted by atomic mass is 9.97. The van der Waals surface area contributed by atoms with Crippen LogP contribution in [-0.4, -0.2) is 62.2 Å². The van der Waals surface area contributed by atoms with Crippen LogP contribution in [0.15, 0.2) is 24.5 Å². The molecule has 0 spiro atoms. The van der Waals surface area contributed by atoms with E-state index < -0.39 is 6.43 Å². The molecule has 11 heteroatoms. The fraction of sp³-hybridized carbons (Fsp3) is 0.476. The summed E-state index contributed by atoms with van der Waals surface area (Å²) in [7, 11) is 0. The minimum Gasteiger partial charge on any atom is -0.318 e. The minimum absolute atomic E-state index is 0.0258. The number of aryl methyl sites for hydroxylation is 1. The summed E-state index contributed by atoms with van der Waals surface area (Å²) in [5, 5.41) is 16.6. The van der Waals surface area contributed by atoms with Crippen LogP contribution in [-0.2, 0) is 0 Å². The van der Waals surface area contributed by atoms with E-state index in [9.17, 15) is 13.6 Å². The van der Waals surface area contributed by atoms with Crippen molar-refractivity contribution in [2.45, 2.75) is 57.2 Å². The molecule has 0 unspecified atom stereocenters. The Kier molecular flexibility index (Phi) is 5.68. The van der Waals surface area contributed by atoms with Crippen molar-refractivity contribution in [1.82, 2.24) is 30.4 Å². The topological polar surface area (TPSA) is 95.9 Å². The number of nitrogens with one attached hydrogen (secondary N) is 2. The summed E-state index contributed by atoms with van der Waals surface area (Å²) in [6.07, 6.45) is 4.18. The SMILES string of the molecule is Cc1nnc(-c2cnc3cnc(NC(=O)N4[C@@H]5CC[C@H]4C[C@H](NCC(F)F)C5)cc3c2)s1. The van der Waals surface area contributed by atoms with E-state index in [1.807, 2.05) is 17.9 Å². The largest absolute Gasteiger partial charge is 0.323 e. The van der Waals surface area contributed by atoms with E-state index in [0.29, 0.717) is 18.7 Å². The Labute approximate surface area is 187 Å². The van der Waals surface area contributed by atoms with Gasteiger partial charge in [0.05, 0.1) is 18.3 Å². The summed E-state index contributed by atoms with van der Waals surface area (Å²) in [5.74, 6) is 0.451. The number of aromatic nitrogens is 4. The number of carbonyl (C=O) groups excluding carboxylic acids is 1. The molecule has 5 rings (SSSR count). The summed E-state index contributed by atoms with van der Waals surface area (Å²) in [5.41, 5.74) is 1.59. The Morgan fingerprint density at radius 1 is 1.19 bits per heavy atom. The lowest BCUT2D eigenvalue weighted by Crippen LogP contribution is -2.53. The fourth-order valence-electron chi connectivity index (χ4n) is 4.73. The zero-order valence-electron chi connectivity index (χ0n) is 17.5. The van der Waals surface area contributed by atoms with Crippen LogP contribution in [0.2, 0.25) is 0 Å². The first kappa shape index (κ1) is 21.1. The smallest absolute Gasteiger partial charge is 0.318 e. The van der Waals surface area contributed by atoms with Gasteiger partial charge in [-0.25, -0.2) is 18.6 Å². The lowest BCUT2D eigenvalue weighted by molar-refractivity contribution is 0.115. The summed E-state index contributed by atoms with van der Waals surface area (Å²) in [4.78, 5) is 23.7. The number of nitrogens with zero attached hydrogens (tertiary/aromatic N) is 5. The molecule has 3 aromatic rings. The number of amides is 2. The van der Waals surface area contributed by atoms with Gasteiger partial charge in [-0.3, -0.25) is 10.3 Å². The highest BCUT2D eigenvalue weighted by Gasteiger charge is 2.43. The highest BCUT2D eigenvalue weighted by molar-refractivity contribution is 7.14. The number of urea groups is 1. The molecular weight excluding hydrogens is 436 g/mol. The maximum absolute atomic E-state index is 13.0. The Morgan fingerprint density at radius 3 is 2.66 bits per heavy atom. The van der Waals surface area contributed by atoms with Gasteiger partial charge in [0.1, 0.15) is 15.8 Å². The second kappa shape index (κ2) is 8.62. The number of pyridine rings is 2. The van der Waals surface area contributed by atoms with Crippen LogP contribution in [0.25, 0.3) is 21.5 Å². The molecule has 8 nitrogen and oxygen atoms in total. The van der Waals surface area contributed by atoms with Crippen molar-refractivity contribution >= 4 is 34.1 Å². The van der Waals surface area contributed by atoms with Crippen LogP contribution in [0.5, 0.6) is 0 Å². The van der Waals surface area contributed by atoms with Crippen LogP contribution in [0.3, 0.4) is 0 Å². The van der Waals surface area contributed by atoms with Gasteiger partial charge in [0, 0.05) is 35.3 Å². The molecule has 3 aromatic heterocycles. The molecule has 0 aromatic carbocycles. The number of rotatable bonds is 5. The molecule has 2 aliphatic rings. The van der Waals surface area contributed by atoms with Crippen LogP contribution in [0, 0.1) is 6.92 Å². The van der Waals surface area contributed by atoms with Gasteiger partial charge in [-0.15, -0.1) is 10.2 Å². The van der Waals surface area contributed by atoms with Gasteiger partial charge in [-0.05, 0) is 44.7 Å². The summed E-state index contributed by atoms with van der Waals surface area (Å²) in [6.45, 7) is 1.60. The first-order valence-electron chi connectivity index (χ1n) is 10.6. The molecule has 2 bridgehead atoms. The number of fused-ring (bicyclic) bond motifs is 3. The molecular formula is C21H23F2N7OS. The molecule has 0 aliphatic carbocycles. The van der Waals surface area contributed by atoms with Gasteiger partial charge in [0.25, 0.3) is 6.43 Å². The van der Waals surface area contributed by atoms with Crippen molar-refractivity contribution in [1.29, 1.82) is 0 Å². The van der Waals surface area contributed by atoms with Crippen molar-refractivity contribution < 1.29 is 13.6 Å². The zero-order valence-corrected chi connectivity index (χ0v) is 18.3. The first-order valence-corrected chi connectivity index (χ1v) is 11.4. The summed E-state index contributed by atoms with van der Waals surface area (Å²) < 4.78 is 25.1. The van der Waals surface area contributed by atoms with Crippen LogP contribution < -0.4 is 10.6 Å². The van der Waals surface area contributed by atoms with E-state index in [2.05, 4.69) is 30.8 Å². The third-order valence-corrected chi connectivity index (χ3v) is 6.99. The molecule has 168 valence electrons. The van der Waals surface area contributed by atoms with E-state index in [1.54, 1.807) is 18.5 Å². The Balaban J connectivity index is 1.29. The maximum atomic E-state index is 13.0. The first-order chi connectivity index (χ1) is 15.5. The molecule has 0 saturated carbocycles. The fourth-order valence-corrected chi connectivity index (χ4v) is 5.41. The molecule has 2 saturated heterocycles. The number of anilines is 1. The highest BCUT2D eigenvalue weighted by atomic mass is 32.1. The standard InChI is InChI=1S/C21H23F2N7OS/c1-11-28-29-20(32-11)13-4-12-5-19(26-9-17(12)25-8-13)27-21(31)30-15-2-3-16(30)7-14(6-15)24-10-18(22)23/h4-5,8-9,14-16,18,24H,2-3,6-7,10H2,1H3,(H,26,27,31)/t14-,15-,16+. The lowest BCUT2D eigenvalue weighted by Gasteiger charge is -2.39. The van der Waals surface area contributed by atoms with Crippen molar-refractivity contribution in [3.63, 3.8) is 0 Å². The predicted molar refractivity (Wildman–Crippen MR) is 118 cm³/mol. The number of piperidine rings is 1. The highest BCUT2D eigenvalue weighted by Crippen LogP contribution is 2.36. The predicted octanol–water partition coefficient (Wildman–Crippen LogP) is 3.84. The average molecular weight is 460 g/mol. The third-order valence-electron chi connectivity index (χ3n) is 6.10. The number of hydrogen-bond donors (Lipinski definition) is 2. The van der Waals surface area contributed by atoms with Crippen molar-refractivity contribution in [3.05, 3.63) is 29.5 Å². The molecule has 2 fully saturated rings. The molecule has 5 heterocycles. The zero-order chi connectivity index (χ0) is 22.2. The summed E-state index contributed by atoms with van der Waals surface area (Å²) in [6, 6.07) is 3.70. The monoisotopic (exact) mass is 459 g/mol. The molecule has 3 atom stereocenters. The van der Waals surface area contributed by atoms with Gasteiger partial charge in [0.2, 0.25) is 0 Å². The average Bonchev–Trinajstić information content (AvgIpc) is 3.32. The normalized spacial score (nSPS) is 22.6. The molecule has 2 aliphatic heterocycles. The Hall–Kier alpha value is -2.79. The van der Waals surface area contributed by atoms with Gasteiger partial charge in [0.15, 0.2) is 0 Å². The summed E-state index contributed by atoms with van der Waals surface area (Å²) >= 11 is 1.49. The third kappa shape index (κ3) is 4.26. The van der Waals surface area contributed by atoms with Crippen LogP contribution >= 0.6 is 11.3 Å².